The molecule has 4 aromatic rings. The molecule has 2 N–H and O–H groups in total. The molecule has 0 atom stereocenters. The second-order valence-corrected chi connectivity index (χ2v) is 10.9. The number of carbonyl (C=O) groups is 2. The number of hydrogen-bond acceptors (Lipinski definition) is 7. The minimum atomic E-state index is -0.450. The van der Waals surface area contributed by atoms with E-state index in [0.717, 1.165) is 67.0 Å². The summed E-state index contributed by atoms with van der Waals surface area (Å²) in [6.45, 7) is 5.55. The van der Waals surface area contributed by atoms with Gasteiger partial charge in [-0.05, 0) is 49.4 Å². The van der Waals surface area contributed by atoms with Gasteiger partial charge in [-0.25, -0.2) is 9.79 Å². The van der Waals surface area contributed by atoms with Crippen molar-refractivity contribution in [1.29, 1.82) is 0 Å². The zero-order valence-electron chi connectivity index (χ0n) is 24.0. The number of aromatic nitrogens is 1. The van der Waals surface area contributed by atoms with Crippen molar-refractivity contribution in [2.75, 3.05) is 58.3 Å². The van der Waals surface area contributed by atoms with E-state index in [4.69, 9.17) is 9.73 Å². The number of methoxy groups -OCH3 is 1. The maximum atomic E-state index is 13.2. The Morgan fingerprint density at radius 3 is 2.50 bits per heavy atom. The van der Waals surface area contributed by atoms with Gasteiger partial charge in [-0.15, -0.1) is 0 Å². The number of ether oxygens (including phenoxy) is 1. The molecule has 0 aliphatic carbocycles. The first-order valence-corrected chi connectivity index (χ1v) is 14.3. The van der Waals surface area contributed by atoms with Crippen molar-refractivity contribution in [2.45, 2.75) is 12.8 Å². The van der Waals surface area contributed by atoms with Crippen LogP contribution in [-0.4, -0.2) is 90.9 Å². The van der Waals surface area contributed by atoms with Gasteiger partial charge in [0.1, 0.15) is 0 Å². The lowest BCUT2D eigenvalue weighted by atomic mass is 10.00. The first-order chi connectivity index (χ1) is 20.4. The molecule has 9 heteroatoms. The van der Waals surface area contributed by atoms with E-state index >= 15 is 0 Å². The number of fused-ring (bicyclic) bond motifs is 2. The van der Waals surface area contributed by atoms with Gasteiger partial charge >= 0.3 is 5.97 Å². The molecule has 1 aromatic heterocycles. The Morgan fingerprint density at radius 1 is 0.952 bits per heavy atom. The van der Waals surface area contributed by atoms with E-state index in [1.807, 2.05) is 53.4 Å². The summed E-state index contributed by atoms with van der Waals surface area (Å²) < 4.78 is 4.85. The van der Waals surface area contributed by atoms with Gasteiger partial charge in [0.2, 0.25) is 5.91 Å². The SMILES string of the molecule is COC(=O)c1ccc2c(C(=Nc3ccc4c(c3)CCN4C(=O)CCN3CCN(C)CC3)c3ccccc3)c(O)[nH]c2c1. The highest BCUT2D eigenvalue weighted by Gasteiger charge is 2.26. The highest BCUT2D eigenvalue weighted by Crippen LogP contribution is 2.35. The average Bonchev–Trinajstić information content (AvgIpc) is 3.59. The number of likely N-dealkylation sites (N-methyl/N-ethyl adjacent to an activating group) is 1. The smallest absolute Gasteiger partial charge is 0.337 e. The lowest BCUT2D eigenvalue weighted by Gasteiger charge is -2.32. The van der Waals surface area contributed by atoms with Gasteiger partial charge < -0.3 is 29.5 Å². The Labute approximate surface area is 245 Å². The largest absolute Gasteiger partial charge is 0.494 e. The fraction of sp³-hybridized carbons (Fsp3) is 0.303. The number of carbonyl (C=O) groups excluding carboxylic acids is 2. The van der Waals surface area contributed by atoms with Gasteiger partial charge in [-0.1, -0.05) is 36.4 Å². The van der Waals surface area contributed by atoms with Crippen LogP contribution in [0.2, 0.25) is 0 Å². The van der Waals surface area contributed by atoms with Crippen molar-refractivity contribution in [3.8, 4) is 5.88 Å². The van der Waals surface area contributed by atoms with E-state index < -0.39 is 5.97 Å². The summed E-state index contributed by atoms with van der Waals surface area (Å²) >= 11 is 0. The van der Waals surface area contributed by atoms with Crippen molar-refractivity contribution in [3.05, 3.63) is 89.0 Å². The predicted octanol–water partition coefficient (Wildman–Crippen LogP) is 4.36. The molecule has 0 spiro atoms. The molecule has 0 unspecified atom stereocenters. The molecule has 3 heterocycles. The third-order valence-electron chi connectivity index (χ3n) is 8.22. The molecule has 1 saturated heterocycles. The van der Waals surface area contributed by atoms with E-state index in [1.165, 1.54) is 7.11 Å². The molecule has 2 aliphatic rings. The number of rotatable bonds is 7. The molecule has 9 nitrogen and oxygen atoms in total. The number of aromatic amines is 1. The van der Waals surface area contributed by atoms with Crippen LogP contribution < -0.4 is 4.90 Å². The van der Waals surface area contributed by atoms with E-state index in [2.05, 4.69) is 21.8 Å². The number of hydrogen-bond donors (Lipinski definition) is 2. The van der Waals surface area contributed by atoms with Crippen LogP contribution in [0.1, 0.15) is 33.5 Å². The number of anilines is 1. The second-order valence-electron chi connectivity index (χ2n) is 10.9. The molecule has 0 radical (unpaired) electrons. The monoisotopic (exact) mass is 565 g/mol. The first-order valence-electron chi connectivity index (χ1n) is 14.3. The van der Waals surface area contributed by atoms with Gasteiger partial charge in [0.25, 0.3) is 0 Å². The lowest BCUT2D eigenvalue weighted by molar-refractivity contribution is -0.118. The minimum Gasteiger partial charge on any atom is -0.494 e. The number of aromatic hydroxyl groups is 1. The van der Waals surface area contributed by atoms with Crippen molar-refractivity contribution in [3.63, 3.8) is 0 Å². The Bertz CT molecular complexity index is 1650. The molecular formula is C33H35N5O4. The Morgan fingerprint density at radius 2 is 1.74 bits per heavy atom. The zero-order chi connectivity index (χ0) is 29.2. The van der Waals surface area contributed by atoms with Crippen LogP contribution in [0.4, 0.5) is 11.4 Å². The van der Waals surface area contributed by atoms with Crippen LogP contribution in [0.25, 0.3) is 10.9 Å². The van der Waals surface area contributed by atoms with Crippen LogP contribution in [-0.2, 0) is 16.0 Å². The van der Waals surface area contributed by atoms with E-state index in [1.54, 1.807) is 18.2 Å². The quantitative estimate of drug-likeness (QED) is 0.255. The number of esters is 1. The predicted molar refractivity (Wildman–Crippen MR) is 164 cm³/mol. The summed E-state index contributed by atoms with van der Waals surface area (Å²) in [5, 5.41) is 11.8. The number of nitrogens with zero attached hydrogens (tertiary/aromatic N) is 4. The highest BCUT2D eigenvalue weighted by atomic mass is 16.5. The van der Waals surface area contributed by atoms with Gasteiger partial charge in [0.15, 0.2) is 5.88 Å². The molecule has 2 aliphatic heterocycles. The van der Waals surface area contributed by atoms with Crippen LogP contribution >= 0.6 is 0 Å². The van der Waals surface area contributed by atoms with E-state index in [0.29, 0.717) is 35.3 Å². The third-order valence-corrected chi connectivity index (χ3v) is 8.22. The van der Waals surface area contributed by atoms with Crippen LogP contribution in [0.15, 0.2) is 71.7 Å². The van der Waals surface area contributed by atoms with Crippen LogP contribution in [0, 0.1) is 0 Å². The number of aliphatic imine (C=N–C) groups is 1. The Kier molecular flexibility index (Phi) is 7.78. The zero-order valence-corrected chi connectivity index (χ0v) is 24.0. The van der Waals surface area contributed by atoms with Crippen molar-refractivity contribution >= 4 is 39.9 Å². The highest BCUT2D eigenvalue weighted by molar-refractivity contribution is 6.22. The van der Waals surface area contributed by atoms with Crippen LogP contribution in [0.3, 0.4) is 0 Å². The summed E-state index contributed by atoms with van der Waals surface area (Å²) in [6.07, 6.45) is 1.28. The molecule has 0 bridgehead atoms. The van der Waals surface area contributed by atoms with Crippen LogP contribution in [0.5, 0.6) is 5.88 Å². The number of piperazine rings is 1. The summed E-state index contributed by atoms with van der Waals surface area (Å²) in [5.74, 6) is -0.327. The number of amides is 1. The minimum absolute atomic E-state index is 0.0344. The van der Waals surface area contributed by atoms with E-state index in [9.17, 15) is 14.7 Å². The fourth-order valence-corrected chi connectivity index (χ4v) is 5.83. The summed E-state index contributed by atoms with van der Waals surface area (Å²) in [5.41, 5.74) is 5.75. The number of nitrogens with one attached hydrogen (secondary N) is 1. The molecule has 1 fully saturated rings. The second kappa shape index (κ2) is 11.8. The standard InChI is InChI=1S/C33H35N5O4/c1-36-16-18-37(19-17-36)14-13-29(39)38-15-12-23-20-25(9-11-28(23)38)34-31(22-6-4-3-5-7-22)30-26-10-8-24(33(41)42-2)21-27(26)35-32(30)40/h3-11,20-21,35,40H,12-19H2,1-2H3. The molecule has 3 aromatic carbocycles. The summed E-state index contributed by atoms with van der Waals surface area (Å²) in [4.78, 5) is 39.9. The van der Waals surface area contributed by atoms with Gasteiger partial charge in [-0.3, -0.25) is 4.79 Å². The van der Waals surface area contributed by atoms with Gasteiger partial charge in [0, 0.05) is 67.8 Å². The molecular weight excluding hydrogens is 530 g/mol. The topological polar surface area (TPSA) is 101 Å². The Hall–Kier alpha value is -4.47. The summed E-state index contributed by atoms with van der Waals surface area (Å²) in [6, 6.07) is 20.8. The Balaban J connectivity index is 1.29. The average molecular weight is 566 g/mol. The third kappa shape index (κ3) is 5.53. The number of benzene rings is 3. The maximum Gasteiger partial charge on any atom is 0.337 e. The van der Waals surface area contributed by atoms with Gasteiger partial charge in [0.05, 0.1) is 29.6 Å². The fourth-order valence-electron chi connectivity index (χ4n) is 5.83. The van der Waals surface area contributed by atoms with Crippen molar-refractivity contribution in [2.24, 2.45) is 4.99 Å². The van der Waals surface area contributed by atoms with Crippen molar-refractivity contribution < 1.29 is 19.4 Å². The molecule has 6 rings (SSSR count). The van der Waals surface area contributed by atoms with Crippen molar-refractivity contribution in [1.82, 2.24) is 14.8 Å². The van der Waals surface area contributed by atoms with E-state index in [-0.39, 0.29) is 11.8 Å². The lowest BCUT2D eigenvalue weighted by Crippen LogP contribution is -2.45. The number of H-pyrrole nitrogens is 1. The summed E-state index contributed by atoms with van der Waals surface area (Å²) in [7, 11) is 3.47. The maximum absolute atomic E-state index is 13.2. The molecule has 42 heavy (non-hydrogen) atoms. The molecule has 0 saturated carbocycles. The van der Waals surface area contributed by atoms with Gasteiger partial charge in [-0.2, -0.15) is 0 Å². The first kappa shape index (κ1) is 27.7. The molecule has 1 amide bonds. The normalized spacial score (nSPS) is 16.1. The molecule has 216 valence electrons.